The van der Waals surface area contributed by atoms with Crippen molar-refractivity contribution in [2.75, 3.05) is 11.9 Å². The lowest BCUT2D eigenvalue weighted by Crippen LogP contribution is -2.42. The van der Waals surface area contributed by atoms with Crippen molar-refractivity contribution in [1.82, 2.24) is 20.3 Å². The van der Waals surface area contributed by atoms with Gasteiger partial charge in [-0.15, -0.1) is 0 Å². The molecule has 0 saturated heterocycles. The molecule has 1 aromatic carbocycles. The zero-order valence-corrected chi connectivity index (χ0v) is 21.3. The van der Waals surface area contributed by atoms with E-state index in [2.05, 4.69) is 40.7 Å². The van der Waals surface area contributed by atoms with E-state index in [4.69, 9.17) is 6.57 Å². The van der Waals surface area contributed by atoms with Crippen molar-refractivity contribution in [2.45, 2.75) is 37.8 Å². The Hall–Kier alpha value is -4.98. The van der Waals surface area contributed by atoms with Crippen LogP contribution >= 0.6 is 0 Å². The number of H-pyrrole nitrogens is 1. The van der Waals surface area contributed by atoms with Crippen LogP contribution in [0.4, 0.5) is 20.3 Å². The average Bonchev–Trinajstić information content (AvgIpc) is 3.65. The number of nitrogens with zero attached hydrogens (tertiary/aromatic N) is 5. The number of pyridine rings is 2. The van der Waals surface area contributed by atoms with E-state index in [1.54, 1.807) is 36.5 Å². The first kappa shape index (κ1) is 25.3. The highest BCUT2D eigenvalue weighted by Crippen LogP contribution is 2.44. The number of anilines is 1. The molecular formula is C29H24F2N8O. The predicted octanol–water partition coefficient (Wildman–Crippen LogP) is 6.31. The van der Waals surface area contributed by atoms with Gasteiger partial charge in [-0.25, -0.2) is 23.6 Å². The van der Waals surface area contributed by atoms with Crippen molar-refractivity contribution in [3.8, 4) is 22.4 Å². The van der Waals surface area contributed by atoms with Gasteiger partial charge in [0.2, 0.25) is 5.69 Å². The number of carbonyl (C=O) groups is 1. The molecule has 11 heteroatoms. The number of halogens is 2. The van der Waals surface area contributed by atoms with Gasteiger partial charge in [0.15, 0.2) is 11.6 Å². The van der Waals surface area contributed by atoms with Gasteiger partial charge in [0.05, 0.1) is 25.0 Å². The molecule has 0 unspecified atom stereocenters. The van der Waals surface area contributed by atoms with Gasteiger partial charge in [-0.05, 0) is 43.4 Å². The van der Waals surface area contributed by atoms with E-state index in [-0.39, 0.29) is 40.8 Å². The second-order valence-corrected chi connectivity index (χ2v) is 9.77. The smallest absolute Gasteiger partial charge is 0.271 e. The Morgan fingerprint density at radius 2 is 1.98 bits per heavy atom. The molecule has 6 rings (SSSR count). The summed E-state index contributed by atoms with van der Waals surface area (Å²) in [6.07, 6.45) is 7.28. The third-order valence-electron chi connectivity index (χ3n) is 7.17. The highest BCUT2D eigenvalue weighted by Gasteiger charge is 2.29. The highest BCUT2D eigenvalue weighted by molar-refractivity contribution is 6.00. The molecule has 4 aromatic rings. The van der Waals surface area contributed by atoms with Crippen LogP contribution in [0.2, 0.25) is 0 Å². The number of amides is 1. The first-order valence-electron chi connectivity index (χ1n) is 13.0. The maximum Gasteiger partial charge on any atom is 0.271 e. The van der Waals surface area contributed by atoms with Crippen LogP contribution in [0.15, 0.2) is 70.8 Å². The van der Waals surface area contributed by atoms with Crippen LogP contribution in [0.25, 0.3) is 38.3 Å². The molecule has 40 heavy (non-hydrogen) atoms. The molecule has 4 heterocycles. The Morgan fingerprint density at radius 1 is 1.15 bits per heavy atom. The Bertz CT molecular complexity index is 1710. The molecule has 1 saturated carbocycles. The zero-order valence-electron chi connectivity index (χ0n) is 21.3. The molecule has 9 nitrogen and oxygen atoms in total. The zero-order chi connectivity index (χ0) is 27.6. The third kappa shape index (κ3) is 4.80. The van der Waals surface area contributed by atoms with Crippen molar-refractivity contribution >= 4 is 28.4 Å². The fraction of sp³-hybridized carbons (Fsp3) is 0.241. The summed E-state index contributed by atoms with van der Waals surface area (Å²) < 4.78 is 30.4. The SMILES string of the molecule is [C-]#[N+]c1c(-c2c[nH]c3ncc(F)cc23)nc(N[C@@H]2CCC[C@@H](NC(=O)C3=CCN=N3)C2)c(F)c1-c1ccccc1. The van der Waals surface area contributed by atoms with Crippen molar-refractivity contribution in [1.29, 1.82) is 0 Å². The summed E-state index contributed by atoms with van der Waals surface area (Å²) in [4.78, 5) is 27.9. The second-order valence-electron chi connectivity index (χ2n) is 9.77. The van der Waals surface area contributed by atoms with Gasteiger partial charge in [-0.3, -0.25) is 4.79 Å². The monoisotopic (exact) mass is 538 g/mol. The molecule has 0 radical (unpaired) electrons. The molecule has 200 valence electrons. The van der Waals surface area contributed by atoms with Crippen LogP contribution in [0.3, 0.4) is 0 Å². The van der Waals surface area contributed by atoms with Gasteiger partial charge in [0.1, 0.15) is 17.2 Å². The highest BCUT2D eigenvalue weighted by atomic mass is 19.1. The summed E-state index contributed by atoms with van der Waals surface area (Å²) >= 11 is 0. The van der Waals surface area contributed by atoms with Gasteiger partial charge >= 0.3 is 0 Å². The van der Waals surface area contributed by atoms with Gasteiger partial charge in [0.25, 0.3) is 5.91 Å². The lowest BCUT2D eigenvalue weighted by atomic mass is 9.90. The minimum atomic E-state index is -0.646. The number of carbonyl (C=O) groups excluding carboxylic acids is 1. The number of benzene rings is 1. The Morgan fingerprint density at radius 3 is 2.75 bits per heavy atom. The molecule has 3 N–H and O–H groups in total. The molecule has 1 aliphatic heterocycles. The van der Waals surface area contributed by atoms with Gasteiger partial charge in [-0.2, -0.15) is 10.2 Å². The number of hydrogen-bond acceptors (Lipinski definition) is 6. The van der Waals surface area contributed by atoms with E-state index in [9.17, 15) is 9.18 Å². The number of aromatic amines is 1. The number of rotatable bonds is 6. The minimum Gasteiger partial charge on any atom is -0.365 e. The van der Waals surface area contributed by atoms with Crippen molar-refractivity contribution in [3.63, 3.8) is 0 Å². The largest absolute Gasteiger partial charge is 0.365 e. The summed E-state index contributed by atoms with van der Waals surface area (Å²) in [6, 6.07) is 9.83. The van der Waals surface area contributed by atoms with Gasteiger partial charge in [-0.1, -0.05) is 30.3 Å². The summed E-state index contributed by atoms with van der Waals surface area (Å²) in [7, 11) is 0. The fourth-order valence-electron chi connectivity index (χ4n) is 5.32. The number of aromatic nitrogens is 3. The summed E-state index contributed by atoms with van der Waals surface area (Å²) in [6.45, 7) is 8.35. The van der Waals surface area contributed by atoms with Crippen LogP contribution in [-0.4, -0.2) is 39.5 Å². The van der Waals surface area contributed by atoms with Crippen LogP contribution in [0, 0.1) is 18.2 Å². The van der Waals surface area contributed by atoms with E-state index < -0.39 is 11.6 Å². The van der Waals surface area contributed by atoms with Crippen molar-refractivity contribution < 1.29 is 13.6 Å². The number of fused-ring (bicyclic) bond motifs is 1. The summed E-state index contributed by atoms with van der Waals surface area (Å²) in [5.41, 5.74) is 2.05. The molecule has 0 bridgehead atoms. The predicted molar refractivity (Wildman–Crippen MR) is 147 cm³/mol. The maximum absolute atomic E-state index is 16.2. The molecule has 2 aliphatic rings. The molecule has 2 atom stereocenters. The topological polar surface area (TPSA) is 112 Å². The number of azo groups is 1. The van der Waals surface area contributed by atoms with Crippen molar-refractivity contribution in [3.05, 3.63) is 83.6 Å². The number of nitrogens with one attached hydrogen (secondary N) is 3. The van der Waals surface area contributed by atoms with E-state index in [1.807, 2.05) is 6.07 Å². The summed E-state index contributed by atoms with van der Waals surface area (Å²) in [5.74, 6) is -1.46. The number of hydrogen-bond donors (Lipinski definition) is 3. The van der Waals surface area contributed by atoms with Crippen LogP contribution in [0.5, 0.6) is 0 Å². The van der Waals surface area contributed by atoms with Crippen LogP contribution < -0.4 is 10.6 Å². The van der Waals surface area contributed by atoms with Gasteiger partial charge in [0, 0.05) is 34.8 Å². The minimum absolute atomic E-state index is 0.00996. The average molecular weight is 539 g/mol. The fourth-order valence-corrected chi connectivity index (χ4v) is 5.32. The van der Waals surface area contributed by atoms with Crippen molar-refractivity contribution in [2.24, 2.45) is 10.2 Å². The Labute approximate surface area is 228 Å². The van der Waals surface area contributed by atoms with E-state index in [0.29, 0.717) is 40.8 Å². The lowest BCUT2D eigenvalue weighted by Gasteiger charge is -2.31. The standard InChI is InChI=1S/C29H24F2N8O/c1-32-26-23(16-6-3-2-4-7-16)24(31)28(38-25(26)21-15-34-27-20(21)12-17(30)14-33-27)36-18-8-5-9-19(13-18)37-29(40)22-10-11-35-39-22/h2-4,6-7,10,12,14-15,18-19H,5,8-9,11,13H2,(H,33,34)(H,36,38)(H,37,40)/t18-,19-/m1/s1. The third-order valence-corrected chi connectivity index (χ3v) is 7.17. The quantitative estimate of drug-likeness (QED) is 0.250. The molecule has 1 amide bonds. The first-order chi connectivity index (χ1) is 19.5. The van der Waals surface area contributed by atoms with E-state index in [0.717, 1.165) is 25.5 Å². The molecular weight excluding hydrogens is 514 g/mol. The molecule has 1 fully saturated rings. The van der Waals surface area contributed by atoms with Crippen LogP contribution in [-0.2, 0) is 4.79 Å². The van der Waals surface area contributed by atoms with E-state index in [1.165, 1.54) is 6.07 Å². The van der Waals surface area contributed by atoms with E-state index >= 15 is 4.39 Å². The lowest BCUT2D eigenvalue weighted by molar-refractivity contribution is -0.118. The molecule has 1 aliphatic carbocycles. The molecule has 3 aromatic heterocycles. The Balaban J connectivity index is 1.39. The molecule has 0 spiro atoms. The summed E-state index contributed by atoms with van der Waals surface area (Å²) in [5, 5.41) is 14.4. The maximum atomic E-state index is 16.2. The van der Waals surface area contributed by atoms with Crippen LogP contribution in [0.1, 0.15) is 25.7 Å². The van der Waals surface area contributed by atoms with Gasteiger partial charge < -0.3 is 15.6 Å². The normalized spacial score (nSPS) is 18.4. The Kier molecular flexibility index (Phi) is 6.74. The second kappa shape index (κ2) is 10.6. The first-order valence-corrected chi connectivity index (χ1v) is 13.0.